The van der Waals surface area contributed by atoms with Gasteiger partial charge in [-0.1, -0.05) is 32.9 Å². The highest BCUT2D eigenvalue weighted by molar-refractivity contribution is 5.95. The van der Waals surface area contributed by atoms with E-state index in [9.17, 15) is 9.90 Å². The summed E-state index contributed by atoms with van der Waals surface area (Å²) in [5.41, 5.74) is 4.88. The van der Waals surface area contributed by atoms with Gasteiger partial charge in [0.25, 0.3) is 0 Å². The number of fused-ring (bicyclic) bond motifs is 1. The largest absolute Gasteiger partial charge is 0.393 e. The summed E-state index contributed by atoms with van der Waals surface area (Å²) in [6.45, 7) is 11.3. The van der Waals surface area contributed by atoms with Crippen LogP contribution in [0.3, 0.4) is 0 Å². The van der Waals surface area contributed by atoms with Crippen LogP contribution in [-0.4, -0.2) is 44.8 Å². The number of carbonyl (C=O) groups excluding carboxylic acids is 1. The van der Waals surface area contributed by atoms with Crippen LogP contribution in [0.4, 0.5) is 11.5 Å². The highest BCUT2D eigenvalue weighted by Crippen LogP contribution is 2.29. The number of nitrogens with zero attached hydrogens (tertiary/aromatic N) is 4. The third kappa shape index (κ3) is 4.28. The van der Waals surface area contributed by atoms with Gasteiger partial charge in [-0.2, -0.15) is 0 Å². The van der Waals surface area contributed by atoms with Crippen molar-refractivity contribution in [3.05, 3.63) is 41.6 Å². The molecule has 1 amide bonds. The van der Waals surface area contributed by atoms with Crippen molar-refractivity contribution in [3.8, 4) is 11.3 Å². The lowest BCUT2D eigenvalue weighted by molar-refractivity contribution is -0.123. The molecule has 1 aliphatic rings. The van der Waals surface area contributed by atoms with Gasteiger partial charge < -0.3 is 15.3 Å². The van der Waals surface area contributed by atoms with Crippen molar-refractivity contribution >= 4 is 23.1 Å². The Kier molecular flexibility index (Phi) is 5.47. The topological polar surface area (TPSA) is 82.8 Å². The lowest BCUT2D eigenvalue weighted by Gasteiger charge is -2.30. The van der Waals surface area contributed by atoms with Gasteiger partial charge in [0.1, 0.15) is 5.82 Å². The molecule has 0 saturated carbocycles. The molecule has 0 radical (unpaired) electrons. The van der Waals surface area contributed by atoms with Gasteiger partial charge in [-0.05, 0) is 50.5 Å². The fourth-order valence-electron chi connectivity index (χ4n) is 3.78. The first-order chi connectivity index (χ1) is 14.6. The normalized spacial score (nSPS) is 15.5. The third-order valence-electron chi connectivity index (χ3n) is 5.92. The first kappa shape index (κ1) is 21.3. The molecule has 7 nitrogen and oxygen atoms in total. The van der Waals surface area contributed by atoms with E-state index in [0.29, 0.717) is 0 Å². The second-order valence-electron chi connectivity index (χ2n) is 9.46. The van der Waals surface area contributed by atoms with E-state index in [1.807, 2.05) is 69.5 Å². The highest BCUT2D eigenvalue weighted by atomic mass is 16.3. The van der Waals surface area contributed by atoms with Crippen molar-refractivity contribution in [1.82, 2.24) is 14.6 Å². The maximum absolute atomic E-state index is 12.5. The first-order valence-electron chi connectivity index (χ1n) is 10.9. The molecule has 164 valence electrons. The number of hydrogen-bond acceptors (Lipinski definition) is 5. The van der Waals surface area contributed by atoms with E-state index in [-0.39, 0.29) is 12.0 Å². The molecule has 1 aromatic carbocycles. The Morgan fingerprint density at radius 1 is 1.13 bits per heavy atom. The van der Waals surface area contributed by atoms with Gasteiger partial charge in [0.15, 0.2) is 5.65 Å². The van der Waals surface area contributed by atoms with Gasteiger partial charge in [0, 0.05) is 29.8 Å². The summed E-state index contributed by atoms with van der Waals surface area (Å²) >= 11 is 0. The number of amides is 1. The molecule has 1 fully saturated rings. The second kappa shape index (κ2) is 7.96. The summed E-state index contributed by atoms with van der Waals surface area (Å²) < 4.78 is 1.88. The van der Waals surface area contributed by atoms with Gasteiger partial charge in [0.2, 0.25) is 5.91 Å². The molecular formula is C24H31N5O2. The maximum Gasteiger partial charge on any atom is 0.229 e. The minimum absolute atomic E-state index is 0.0163. The minimum Gasteiger partial charge on any atom is -0.393 e. The summed E-state index contributed by atoms with van der Waals surface area (Å²) in [4.78, 5) is 19.5. The van der Waals surface area contributed by atoms with Crippen LogP contribution in [0, 0.1) is 19.3 Å². The fourth-order valence-corrected chi connectivity index (χ4v) is 3.78. The van der Waals surface area contributed by atoms with Crippen molar-refractivity contribution < 1.29 is 9.90 Å². The molecule has 1 aliphatic heterocycles. The number of nitrogens with one attached hydrogen (secondary N) is 1. The predicted molar refractivity (Wildman–Crippen MR) is 123 cm³/mol. The van der Waals surface area contributed by atoms with E-state index in [0.717, 1.165) is 65.6 Å². The molecule has 2 N–H and O–H groups in total. The molecule has 0 atom stereocenters. The van der Waals surface area contributed by atoms with Gasteiger partial charge in [-0.15, -0.1) is 5.10 Å². The van der Waals surface area contributed by atoms with E-state index in [2.05, 4.69) is 10.2 Å². The average molecular weight is 422 g/mol. The zero-order valence-electron chi connectivity index (χ0n) is 18.9. The van der Waals surface area contributed by atoms with E-state index in [4.69, 9.17) is 10.1 Å². The standard InChI is InChI=1S/C24H31N5O2/c1-15-6-7-17(14-19(15)25-23(31)24(3,4)5)22-16(2)29-20(26-22)8-9-21(27-29)28-12-10-18(30)11-13-28/h6-9,14,18,30H,10-13H2,1-5H3,(H,25,31). The van der Waals surface area contributed by atoms with Crippen molar-refractivity contribution in [1.29, 1.82) is 0 Å². The summed E-state index contributed by atoms with van der Waals surface area (Å²) in [5.74, 6) is 0.880. The Bertz CT molecular complexity index is 1120. The van der Waals surface area contributed by atoms with Crippen LogP contribution in [0.1, 0.15) is 44.9 Å². The van der Waals surface area contributed by atoms with Crippen LogP contribution in [0.5, 0.6) is 0 Å². The summed E-state index contributed by atoms with van der Waals surface area (Å²) in [6, 6.07) is 10.0. The number of benzene rings is 1. The fraction of sp³-hybridized carbons (Fsp3) is 0.458. The van der Waals surface area contributed by atoms with Crippen LogP contribution >= 0.6 is 0 Å². The van der Waals surface area contributed by atoms with E-state index in [1.54, 1.807) is 0 Å². The molecule has 2 aromatic heterocycles. The van der Waals surface area contributed by atoms with Crippen molar-refractivity contribution in [3.63, 3.8) is 0 Å². The van der Waals surface area contributed by atoms with Crippen molar-refractivity contribution in [2.24, 2.45) is 5.41 Å². The molecule has 0 unspecified atom stereocenters. The Labute approximate surface area is 183 Å². The lowest BCUT2D eigenvalue weighted by atomic mass is 9.95. The number of aryl methyl sites for hydroxylation is 2. The average Bonchev–Trinajstić information content (AvgIpc) is 3.05. The number of rotatable bonds is 3. The van der Waals surface area contributed by atoms with Gasteiger partial charge >= 0.3 is 0 Å². The van der Waals surface area contributed by atoms with Crippen molar-refractivity contribution in [2.75, 3.05) is 23.3 Å². The number of aliphatic hydroxyl groups is 1. The summed E-state index contributed by atoms with van der Waals surface area (Å²) in [7, 11) is 0. The molecule has 0 bridgehead atoms. The summed E-state index contributed by atoms with van der Waals surface area (Å²) in [5, 5.41) is 17.6. The van der Waals surface area contributed by atoms with Crippen LogP contribution in [0.25, 0.3) is 16.9 Å². The highest BCUT2D eigenvalue weighted by Gasteiger charge is 2.23. The molecule has 1 saturated heterocycles. The monoisotopic (exact) mass is 421 g/mol. The maximum atomic E-state index is 12.5. The Balaban J connectivity index is 1.67. The van der Waals surface area contributed by atoms with Gasteiger partial charge in [-0.25, -0.2) is 9.50 Å². The number of aliphatic hydroxyl groups excluding tert-OH is 1. The molecule has 0 aliphatic carbocycles. The molecule has 3 heterocycles. The molecule has 3 aromatic rings. The van der Waals surface area contributed by atoms with Crippen LogP contribution < -0.4 is 10.2 Å². The van der Waals surface area contributed by atoms with E-state index >= 15 is 0 Å². The Morgan fingerprint density at radius 2 is 1.84 bits per heavy atom. The lowest BCUT2D eigenvalue weighted by Crippen LogP contribution is -2.36. The van der Waals surface area contributed by atoms with Crippen molar-refractivity contribution in [2.45, 2.75) is 53.6 Å². The molecule has 0 spiro atoms. The van der Waals surface area contributed by atoms with Gasteiger partial charge in [-0.3, -0.25) is 4.79 Å². The van der Waals surface area contributed by atoms with Gasteiger partial charge in [0.05, 0.1) is 17.5 Å². The quantitative estimate of drug-likeness (QED) is 0.669. The number of hydrogen-bond donors (Lipinski definition) is 2. The third-order valence-corrected chi connectivity index (χ3v) is 5.92. The van der Waals surface area contributed by atoms with Crippen LogP contribution in [0.15, 0.2) is 30.3 Å². The number of carbonyl (C=O) groups is 1. The second-order valence-corrected chi connectivity index (χ2v) is 9.46. The van der Waals surface area contributed by atoms with Crippen LogP contribution in [-0.2, 0) is 4.79 Å². The molecule has 31 heavy (non-hydrogen) atoms. The zero-order valence-corrected chi connectivity index (χ0v) is 18.9. The van der Waals surface area contributed by atoms with E-state index < -0.39 is 5.41 Å². The SMILES string of the molecule is Cc1ccc(-c2nc3ccc(N4CCC(O)CC4)nn3c2C)cc1NC(=O)C(C)(C)C. The molecule has 4 rings (SSSR count). The number of imidazole rings is 1. The summed E-state index contributed by atoms with van der Waals surface area (Å²) in [6.07, 6.45) is 1.32. The first-order valence-corrected chi connectivity index (χ1v) is 10.9. The minimum atomic E-state index is -0.466. The van der Waals surface area contributed by atoms with Crippen LogP contribution in [0.2, 0.25) is 0 Å². The smallest absolute Gasteiger partial charge is 0.229 e. The molecule has 7 heteroatoms. The Morgan fingerprint density at radius 3 is 2.52 bits per heavy atom. The van der Waals surface area contributed by atoms with E-state index in [1.165, 1.54) is 0 Å². The zero-order chi connectivity index (χ0) is 22.3. The molecular weight excluding hydrogens is 390 g/mol. The number of anilines is 2. The number of aromatic nitrogens is 3. The predicted octanol–water partition coefficient (Wildman–Crippen LogP) is 3.96. The Hall–Kier alpha value is -2.93. The number of piperidine rings is 1.